The smallest absolute Gasteiger partial charge is 0.334 e. The van der Waals surface area contributed by atoms with Gasteiger partial charge in [0.1, 0.15) is 6.04 Å². The van der Waals surface area contributed by atoms with Crippen LogP contribution < -0.4 is 5.73 Å². The number of allylic oxidation sites excluding steroid dienone is 1. The molecule has 6 nitrogen and oxygen atoms in total. The molecule has 0 radical (unpaired) electrons. The van der Waals surface area contributed by atoms with Crippen LogP contribution in [0.2, 0.25) is 0 Å². The van der Waals surface area contributed by atoms with Gasteiger partial charge in [-0.15, -0.1) is 0 Å². The van der Waals surface area contributed by atoms with E-state index in [1.807, 2.05) is 0 Å². The second-order valence-corrected chi connectivity index (χ2v) is 5.80. The van der Waals surface area contributed by atoms with E-state index in [9.17, 15) is 9.36 Å². The fourth-order valence-electron chi connectivity index (χ4n) is 1.33. The van der Waals surface area contributed by atoms with Crippen LogP contribution in [0.15, 0.2) is 12.2 Å². The normalized spacial score (nSPS) is 13.7. The predicted octanol–water partition coefficient (Wildman–Crippen LogP) is 2.09. The summed E-state index contributed by atoms with van der Waals surface area (Å²) in [5.74, 6) is -0.440. The monoisotopic (exact) mass is 293 g/mol. The summed E-state index contributed by atoms with van der Waals surface area (Å²) in [6, 6.07) is -0.699. The van der Waals surface area contributed by atoms with Gasteiger partial charge >= 0.3 is 13.6 Å². The third kappa shape index (κ3) is 8.16. The van der Waals surface area contributed by atoms with Crippen molar-refractivity contribution in [1.29, 1.82) is 0 Å². The highest BCUT2D eigenvalue weighted by atomic mass is 31.2. The van der Waals surface area contributed by atoms with Gasteiger partial charge in [-0.1, -0.05) is 12.2 Å². The van der Waals surface area contributed by atoms with Crippen LogP contribution in [0.1, 0.15) is 27.2 Å². The number of hydrogen-bond acceptors (Lipinski definition) is 6. The SMILES string of the molecule is CCOC(=O)[C@H](N)C/C=C/CP(=O)(OCC)OCC. The number of rotatable bonds is 10. The molecular formula is C12H24NO5P. The summed E-state index contributed by atoms with van der Waals surface area (Å²) in [4.78, 5) is 11.3. The molecule has 112 valence electrons. The molecular weight excluding hydrogens is 269 g/mol. The van der Waals surface area contributed by atoms with E-state index in [1.54, 1.807) is 32.9 Å². The Kier molecular flexibility index (Phi) is 9.79. The Morgan fingerprint density at radius 1 is 1.16 bits per heavy atom. The average molecular weight is 293 g/mol. The van der Waals surface area contributed by atoms with Crippen molar-refractivity contribution in [2.75, 3.05) is 26.0 Å². The van der Waals surface area contributed by atoms with Crippen molar-refractivity contribution in [3.8, 4) is 0 Å². The van der Waals surface area contributed by atoms with Gasteiger partial charge in [-0.25, -0.2) is 0 Å². The van der Waals surface area contributed by atoms with Gasteiger partial charge in [-0.2, -0.15) is 0 Å². The maximum Gasteiger partial charge on any atom is 0.334 e. The zero-order valence-corrected chi connectivity index (χ0v) is 12.7. The van der Waals surface area contributed by atoms with Crippen LogP contribution in [0.3, 0.4) is 0 Å². The summed E-state index contributed by atoms with van der Waals surface area (Å²) >= 11 is 0. The standard InChI is InChI=1S/C12H24NO5P/c1-4-16-12(14)11(13)9-7-8-10-19(15,17-5-2)18-6-3/h7-8,11H,4-6,9-10,13H2,1-3H3/b8-7+/t11-/m1/s1. The minimum Gasteiger partial charge on any atom is -0.465 e. The lowest BCUT2D eigenvalue weighted by Gasteiger charge is -2.14. The number of carbonyl (C=O) groups is 1. The van der Waals surface area contributed by atoms with Gasteiger partial charge in [0, 0.05) is 0 Å². The lowest BCUT2D eigenvalue weighted by atomic mass is 10.2. The lowest BCUT2D eigenvalue weighted by molar-refractivity contribution is -0.144. The van der Waals surface area contributed by atoms with Crippen molar-refractivity contribution in [3.63, 3.8) is 0 Å². The van der Waals surface area contributed by atoms with Crippen molar-refractivity contribution < 1.29 is 23.1 Å². The van der Waals surface area contributed by atoms with Crippen LogP contribution in [0.4, 0.5) is 0 Å². The summed E-state index contributed by atoms with van der Waals surface area (Å²) in [6.07, 6.45) is 3.85. The Hall–Kier alpha value is -0.680. The number of esters is 1. The number of nitrogens with two attached hydrogens (primary N) is 1. The molecule has 0 saturated heterocycles. The Balaban J connectivity index is 4.19. The molecule has 0 aliphatic heterocycles. The fraction of sp³-hybridized carbons (Fsp3) is 0.750. The average Bonchev–Trinajstić information content (AvgIpc) is 2.35. The Labute approximate surface area is 114 Å². The van der Waals surface area contributed by atoms with E-state index in [2.05, 4.69) is 0 Å². The highest BCUT2D eigenvalue weighted by Gasteiger charge is 2.21. The number of carbonyl (C=O) groups excluding carboxylic acids is 1. The second kappa shape index (κ2) is 10.1. The predicted molar refractivity (Wildman–Crippen MR) is 74.1 cm³/mol. The first-order valence-corrected chi connectivity index (χ1v) is 8.17. The van der Waals surface area contributed by atoms with E-state index < -0.39 is 19.6 Å². The number of ether oxygens (including phenoxy) is 1. The lowest BCUT2D eigenvalue weighted by Crippen LogP contribution is -2.31. The van der Waals surface area contributed by atoms with Crippen LogP contribution in [0, 0.1) is 0 Å². The van der Waals surface area contributed by atoms with Crippen LogP contribution in [0.5, 0.6) is 0 Å². The van der Waals surface area contributed by atoms with Gasteiger partial charge in [-0.05, 0) is 27.2 Å². The minimum atomic E-state index is -3.06. The van der Waals surface area contributed by atoms with E-state index in [0.29, 0.717) is 26.2 Å². The zero-order valence-electron chi connectivity index (χ0n) is 11.8. The molecule has 1 atom stereocenters. The molecule has 19 heavy (non-hydrogen) atoms. The first-order valence-electron chi connectivity index (χ1n) is 6.44. The van der Waals surface area contributed by atoms with E-state index >= 15 is 0 Å². The summed E-state index contributed by atoms with van der Waals surface area (Å²) < 4.78 is 27.1. The topological polar surface area (TPSA) is 87.9 Å². The van der Waals surface area contributed by atoms with E-state index in [0.717, 1.165) is 0 Å². The largest absolute Gasteiger partial charge is 0.465 e. The molecule has 0 aliphatic carbocycles. The quantitative estimate of drug-likeness (QED) is 0.377. The van der Waals surface area contributed by atoms with Crippen molar-refractivity contribution in [2.45, 2.75) is 33.2 Å². The van der Waals surface area contributed by atoms with E-state index in [-0.39, 0.29) is 6.16 Å². The van der Waals surface area contributed by atoms with Gasteiger partial charge in [0.25, 0.3) is 0 Å². The molecule has 0 unspecified atom stereocenters. The maximum absolute atomic E-state index is 12.1. The maximum atomic E-state index is 12.1. The second-order valence-electron chi connectivity index (χ2n) is 3.69. The summed E-state index contributed by atoms with van der Waals surface area (Å²) in [5.41, 5.74) is 5.61. The van der Waals surface area contributed by atoms with Gasteiger partial charge in [0.15, 0.2) is 0 Å². The molecule has 0 aromatic heterocycles. The fourth-order valence-corrected chi connectivity index (χ4v) is 2.81. The third-order valence-corrected chi connectivity index (χ3v) is 4.09. The Bertz CT molecular complexity index is 322. The number of hydrogen-bond donors (Lipinski definition) is 1. The van der Waals surface area contributed by atoms with Crippen LogP contribution in [-0.4, -0.2) is 38.0 Å². The van der Waals surface area contributed by atoms with E-state index in [4.69, 9.17) is 19.5 Å². The molecule has 0 rings (SSSR count). The molecule has 0 heterocycles. The van der Waals surface area contributed by atoms with E-state index in [1.165, 1.54) is 0 Å². The molecule has 7 heteroatoms. The first-order chi connectivity index (χ1) is 8.99. The molecule has 0 aromatic carbocycles. The zero-order chi connectivity index (χ0) is 14.7. The van der Waals surface area contributed by atoms with Gasteiger partial charge in [0.2, 0.25) is 0 Å². The first kappa shape index (κ1) is 18.3. The minimum absolute atomic E-state index is 0.171. The highest BCUT2D eigenvalue weighted by Crippen LogP contribution is 2.47. The van der Waals surface area contributed by atoms with Gasteiger partial charge in [0.05, 0.1) is 26.0 Å². The molecule has 0 aliphatic rings. The highest BCUT2D eigenvalue weighted by molar-refractivity contribution is 7.54. The molecule has 0 spiro atoms. The Morgan fingerprint density at radius 3 is 2.21 bits per heavy atom. The molecule has 0 saturated carbocycles. The summed E-state index contributed by atoms with van der Waals surface area (Å²) in [7, 11) is -3.06. The van der Waals surface area contributed by atoms with Crippen LogP contribution >= 0.6 is 7.60 Å². The molecule has 0 aromatic rings. The molecule has 0 fully saturated rings. The van der Waals surface area contributed by atoms with Crippen LogP contribution in [0.25, 0.3) is 0 Å². The molecule has 2 N–H and O–H groups in total. The summed E-state index contributed by atoms with van der Waals surface area (Å²) in [6.45, 7) is 6.19. The summed E-state index contributed by atoms with van der Waals surface area (Å²) in [5, 5.41) is 0. The Morgan fingerprint density at radius 2 is 1.74 bits per heavy atom. The van der Waals surface area contributed by atoms with Crippen molar-refractivity contribution in [2.24, 2.45) is 5.73 Å². The van der Waals surface area contributed by atoms with Crippen molar-refractivity contribution in [1.82, 2.24) is 0 Å². The van der Waals surface area contributed by atoms with Gasteiger partial charge in [-0.3, -0.25) is 9.36 Å². The van der Waals surface area contributed by atoms with Crippen LogP contribution in [-0.2, 0) is 23.1 Å². The molecule has 0 amide bonds. The van der Waals surface area contributed by atoms with Gasteiger partial charge < -0.3 is 19.5 Å². The van der Waals surface area contributed by atoms with Crippen molar-refractivity contribution >= 4 is 13.6 Å². The third-order valence-electron chi connectivity index (χ3n) is 2.13. The molecule has 0 bridgehead atoms. The van der Waals surface area contributed by atoms with Crippen molar-refractivity contribution in [3.05, 3.63) is 12.2 Å².